The fourth-order valence-corrected chi connectivity index (χ4v) is 3.33. The van der Waals surface area contributed by atoms with Gasteiger partial charge in [0.1, 0.15) is 0 Å². The van der Waals surface area contributed by atoms with Crippen molar-refractivity contribution >= 4 is 11.9 Å². The van der Waals surface area contributed by atoms with Crippen molar-refractivity contribution in [2.75, 3.05) is 25.0 Å². The van der Waals surface area contributed by atoms with E-state index in [4.69, 9.17) is 4.98 Å². The number of piperidine rings is 1. The molecule has 6 nitrogen and oxygen atoms in total. The molecule has 1 amide bonds. The van der Waals surface area contributed by atoms with Gasteiger partial charge in [0.05, 0.1) is 0 Å². The molecule has 1 N–H and O–H groups in total. The monoisotopic (exact) mass is 339 g/mol. The van der Waals surface area contributed by atoms with Crippen molar-refractivity contribution < 1.29 is 4.79 Å². The Morgan fingerprint density at radius 2 is 1.96 bits per heavy atom. The smallest absolute Gasteiger partial charge is 0.225 e. The molecule has 1 saturated heterocycles. The highest BCUT2D eigenvalue weighted by atomic mass is 16.1. The fourth-order valence-electron chi connectivity index (χ4n) is 3.33. The molecule has 3 heterocycles. The van der Waals surface area contributed by atoms with Crippen LogP contribution in [0, 0.1) is 6.92 Å². The summed E-state index contributed by atoms with van der Waals surface area (Å²) in [5.41, 5.74) is 3.37. The molecule has 2 aromatic rings. The predicted molar refractivity (Wildman–Crippen MR) is 97.6 cm³/mol. The molecule has 0 atom stereocenters. The summed E-state index contributed by atoms with van der Waals surface area (Å²) in [5.74, 6) is 1.34. The van der Waals surface area contributed by atoms with Gasteiger partial charge in [-0.1, -0.05) is 0 Å². The Hall–Kier alpha value is -2.50. The number of aryl methyl sites for hydroxylation is 2. The lowest BCUT2D eigenvalue weighted by molar-refractivity contribution is -0.120. The number of nitrogens with zero attached hydrogens (tertiary/aromatic N) is 4. The third kappa shape index (κ3) is 4.53. The molecule has 132 valence electrons. The van der Waals surface area contributed by atoms with Gasteiger partial charge in [-0.2, -0.15) is 0 Å². The first-order chi connectivity index (χ1) is 12.2. The minimum absolute atomic E-state index is 0.0761. The van der Waals surface area contributed by atoms with Gasteiger partial charge in [-0.15, -0.1) is 0 Å². The molecular formula is C19H25N5O. The van der Waals surface area contributed by atoms with Gasteiger partial charge in [0, 0.05) is 56.3 Å². The highest BCUT2D eigenvalue weighted by molar-refractivity contribution is 5.75. The van der Waals surface area contributed by atoms with Crippen LogP contribution in [0.5, 0.6) is 0 Å². The lowest BCUT2D eigenvalue weighted by atomic mass is 9.91. The minimum Gasteiger partial charge on any atom is -0.359 e. The summed E-state index contributed by atoms with van der Waals surface area (Å²) in [4.78, 5) is 27.1. The summed E-state index contributed by atoms with van der Waals surface area (Å²) in [6.45, 7) is 3.91. The van der Waals surface area contributed by atoms with Gasteiger partial charge in [-0.3, -0.25) is 9.78 Å². The first kappa shape index (κ1) is 17.3. The van der Waals surface area contributed by atoms with Crippen molar-refractivity contribution in [1.82, 2.24) is 20.3 Å². The molecule has 0 radical (unpaired) electrons. The van der Waals surface area contributed by atoms with Crippen molar-refractivity contribution in [3.8, 4) is 0 Å². The van der Waals surface area contributed by atoms with Gasteiger partial charge in [0.2, 0.25) is 11.9 Å². The van der Waals surface area contributed by atoms with Crippen LogP contribution in [0.1, 0.15) is 42.1 Å². The second-order valence-corrected chi connectivity index (χ2v) is 6.52. The maximum atomic E-state index is 11.5. The van der Waals surface area contributed by atoms with E-state index >= 15 is 0 Å². The largest absolute Gasteiger partial charge is 0.359 e. The lowest BCUT2D eigenvalue weighted by Gasteiger charge is -2.31. The molecule has 0 aromatic carbocycles. The summed E-state index contributed by atoms with van der Waals surface area (Å²) in [6.07, 6.45) is 6.94. The maximum absolute atomic E-state index is 11.5. The number of hydrogen-bond acceptors (Lipinski definition) is 5. The average Bonchev–Trinajstić information content (AvgIpc) is 2.66. The second-order valence-electron chi connectivity index (χ2n) is 6.52. The number of carbonyl (C=O) groups excluding carboxylic acids is 1. The Kier molecular flexibility index (Phi) is 5.58. The van der Waals surface area contributed by atoms with Gasteiger partial charge >= 0.3 is 0 Å². The Morgan fingerprint density at radius 3 is 2.64 bits per heavy atom. The van der Waals surface area contributed by atoms with Crippen LogP contribution in [0.15, 0.2) is 30.6 Å². The quantitative estimate of drug-likeness (QED) is 0.904. The van der Waals surface area contributed by atoms with Crippen LogP contribution in [-0.4, -0.2) is 41.0 Å². The molecule has 1 aliphatic rings. The molecule has 6 heteroatoms. The molecule has 25 heavy (non-hydrogen) atoms. The molecule has 0 saturated carbocycles. The first-order valence-electron chi connectivity index (χ1n) is 8.85. The van der Waals surface area contributed by atoms with Crippen molar-refractivity contribution in [3.63, 3.8) is 0 Å². The van der Waals surface area contributed by atoms with E-state index in [0.29, 0.717) is 12.3 Å². The average molecular weight is 339 g/mol. The molecule has 2 aromatic heterocycles. The second kappa shape index (κ2) is 8.05. The van der Waals surface area contributed by atoms with Crippen molar-refractivity contribution in [3.05, 3.63) is 47.5 Å². The highest BCUT2D eigenvalue weighted by Crippen LogP contribution is 2.29. The summed E-state index contributed by atoms with van der Waals surface area (Å²) < 4.78 is 0. The van der Waals surface area contributed by atoms with E-state index in [9.17, 15) is 4.79 Å². The van der Waals surface area contributed by atoms with Crippen molar-refractivity contribution in [2.45, 2.75) is 38.5 Å². The highest BCUT2D eigenvalue weighted by Gasteiger charge is 2.23. The number of rotatable bonds is 5. The molecule has 0 unspecified atom stereocenters. The van der Waals surface area contributed by atoms with Gasteiger partial charge in [0.25, 0.3) is 0 Å². The molecular weight excluding hydrogens is 314 g/mol. The zero-order valence-electron chi connectivity index (χ0n) is 14.9. The minimum atomic E-state index is 0.0761. The van der Waals surface area contributed by atoms with Crippen LogP contribution in [0.3, 0.4) is 0 Å². The summed E-state index contributed by atoms with van der Waals surface area (Å²) in [5, 5.41) is 2.68. The SMILES string of the molecule is CNC(=O)CCc1cc(C)nc(C2CCN(c3ncccn3)CC2)c1. The summed E-state index contributed by atoms with van der Waals surface area (Å²) >= 11 is 0. The van der Waals surface area contributed by atoms with E-state index in [2.05, 4.69) is 32.3 Å². The Balaban J connectivity index is 1.64. The summed E-state index contributed by atoms with van der Waals surface area (Å²) in [6, 6.07) is 6.10. The zero-order chi connectivity index (χ0) is 17.6. The molecule has 0 bridgehead atoms. The number of hydrogen-bond donors (Lipinski definition) is 1. The van der Waals surface area contributed by atoms with Crippen LogP contribution in [0.25, 0.3) is 0 Å². The van der Waals surface area contributed by atoms with Gasteiger partial charge in [0.15, 0.2) is 0 Å². The van der Waals surface area contributed by atoms with E-state index in [-0.39, 0.29) is 5.91 Å². The van der Waals surface area contributed by atoms with Crippen molar-refractivity contribution in [2.24, 2.45) is 0 Å². The molecule has 0 aliphatic carbocycles. The van der Waals surface area contributed by atoms with E-state index in [0.717, 1.165) is 49.7 Å². The lowest BCUT2D eigenvalue weighted by Crippen LogP contribution is -2.34. The van der Waals surface area contributed by atoms with Crippen LogP contribution in [0.4, 0.5) is 5.95 Å². The van der Waals surface area contributed by atoms with Gasteiger partial charge in [-0.05, 0) is 49.9 Å². The standard InChI is InChI=1S/C19H25N5O/c1-14-12-15(4-5-18(25)20-2)13-17(23-14)16-6-10-24(11-7-16)19-21-8-3-9-22-19/h3,8-9,12-13,16H,4-7,10-11H2,1-2H3,(H,20,25). The van der Waals surface area contributed by atoms with Crippen LogP contribution in [0.2, 0.25) is 0 Å². The van der Waals surface area contributed by atoms with Gasteiger partial charge < -0.3 is 10.2 Å². The van der Waals surface area contributed by atoms with E-state index in [1.165, 1.54) is 5.56 Å². The third-order valence-electron chi connectivity index (χ3n) is 4.70. The zero-order valence-corrected chi connectivity index (χ0v) is 14.9. The van der Waals surface area contributed by atoms with Gasteiger partial charge in [-0.25, -0.2) is 9.97 Å². The van der Waals surface area contributed by atoms with Crippen LogP contribution in [-0.2, 0) is 11.2 Å². The molecule has 1 aliphatic heterocycles. The number of pyridine rings is 1. The first-order valence-corrected chi connectivity index (χ1v) is 8.85. The Bertz CT molecular complexity index is 711. The van der Waals surface area contributed by atoms with E-state index < -0.39 is 0 Å². The topological polar surface area (TPSA) is 71.0 Å². The van der Waals surface area contributed by atoms with E-state index in [1.54, 1.807) is 19.4 Å². The predicted octanol–water partition coefficient (Wildman–Crippen LogP) is 2.24. The fraction of sp³-hybridized carbons (Fsp3) is 0.474. The van der Waals surface area contributed by atoms with Crippen molar-refractivity contribution in [1.29, 1.82) is 0 Å². The number of anilines is 1. The number of nitrogens with one attached hydrogen (secondary N) is 1. The number of carbonyl (C=O) groups is 1. The molecule has 3 rings (SSSR count). The molecule has 1 fully saturated rings. The Labute approximate surface area is 148 Å². The molecule has 0 spiro atoms. The van der Waals surface area contributed by atoms with Crippen LogP contribution >= 0.6 is 0 Å². The maximum Gasteiger partial charge on any atom is 0.225 e. The number of aromatic nitrogens is 3. The Morgan fingerprint density at radius 1 is 1.24 bits per heavy atom. The third-order valence-corrected chi connectivity index (χ3v) is 4.70. The summed E-state index contributed by atoms with van der Waals surface area (Å²) in [7, 11) is 1.68. The van der Waals surface area contributed by atoms with Crippen LogP contribution < -0.4 is 10.2 Å². The normalized spacial score (nSPS) is 15.2. The van der Waals surface area contributed by atoms with E-state index in [1.807, 2.05) is 13.0 Å². The number of amides is 1.